The van der Waals surface area contributed by atoms with Gasteiger partial charge in [-0.25, -0.2) is 4.98 Å². The highest BCUT2D eigenvalue weighted by molar-refractivity contribution is 5.91. The summed E-state index contributed by atoms with van der Waals surface area (Å²) in [5, 5.41) is 2.86. The van der Waals surface area contributed by atoms with Crippen molar-refractivity contribution in [3.8, 4) is 0 Å². The maximum atomic E-state index is 12.1. The van der Waals surface area contributed by atoms with Crippen LogP contribution in [0.2, 0.25) is 0 Å². The van der Waals surface area contributed by atoms with Gasteiger partial charge in [-0.2, -0.15) is 0 Å². The lowest BCUT2D eigenvalue weighted by Crippen LogP contribution is -2.20. The van der Waals surface area contributed by atoms with Gasteiger partial charge in [0.25, 0.3) is 0 Å². The molecule has 0 saturated heterocycles. The summed E-state index contributed by atoms with van der Waals surface area (Å²) < 4.78 is 1.95. The third-order valence-electron chi connectivity index (χ3n) is 3.59. The number of carbonyl (C=O) groups is 1. The van der Waals surface area contributed by atoms with Crippen LogP contribution in [0.1, 0.15) is 24.2 Å². The maximum Gasteiger partial charge on any atom is 0.244 e. The van der Waals surface area contributed by atoms with Gasteiger partial charge in [0.05, 0.1) is 12.0 Å². The van der Waals surface area contributed by atoms with Crippen molar-refractivity contribution in [3.05, 3.63) is 42.0 Å². The van der Waals surface area contributed by atoms with E-state index in [-0.39, 0.29) is 5.91 Å². The number of anilines is 2. The van der Waals surface area contributed by atoms with Crippen LogP contribution in [0.3, 0.4) is 0 Å². The van der Waals surface area contributed by atoms with Crippen LogP contribution in [-0.4, -0.2) is 15.5 Å². The van der Waals surface area contributed by atoms with Gasteiger partial charge in [0.2, 0.25) is 5.91 Å². The number of nitrogens with one attached hydrogen (secondary N) is 1. The lowest BCUT2D eigenvalue weighted by atomic mass is 10.0. The molecule has 0 spiro atoms. The van der Waals surface area contributed by atoms with Gasteiger partial charge in [-0.15, -0.1) is 0 Å². The van der Waals surface area contributed by atoms with Crippen LogP contribution in [0, 0.1) is 0 Å². The highest BCUT2D eigenvalue weighted by Gasteiger charge is 2.16. The quantitative estimate of drug-likeness (QED) is 0.838. The van der Waals surface area contributed by atoms with Crippen molar-refractivity contribution in [2.45, 2.75) is 32.2 Å². The van der Waals surface area contributed by atoms with E-state index in [1.165, 1.54) is 18.5 Å². The monoisotopic (exact) mass is 270 g/mol. The molecule has 0 bridgehead atoms. The molecule has 1 aliphatic carbocycles. The summed E-state index contributed by atoms with van der Waals surface area (Å²) >= 11 is 0. The van der Waals surface area contributed by atoms with Crippen molar-refractivity contribution in [2.75, 3.05) is 11.1 Å². The third kappa shape index (κ3) is 2.66. The van der Waals surface area contributed by atoms with Crippen LogP contribution in [0.4, 0.5) is 11.4 Å². The largest absolute Gasteiger partial charge is 0.399 e. The predicted molar refractivity (Wildman–Crippen MR) is 78.4 cm³/mol. The number of benzene rings is 1. The average molecular weight is 270 g/mol. The van der Waals surface area contributed by atoms with Gasteiger partial charge in [-0.3, -0.25) is 4.79 Å². The summed E-state index contributed by atoms with van der Waals surface area (Å²) in [7, 11) is 0. The summed E-state index contributed by atoms with van der Waals surface area (Å²) in [4.78, 5) is 16.5. The molecule has 1 heterocycles. The predicted octanol–water partition coefficient (Wildman–Crippen LogP) is 1.98. The summed E-state index contributed by atoms with van der Waals surface area (Å²) in [5.41, 5.74) is 9.42. The Morgan fingerprint density at radius 2 is 2.20 bits per heavy atom. The van der Waals surface area contributed by atoms with E-state index in [9.17, 15) is 4.79 Å². The molecular weight excluding hydrogens is 252 g/mol. The van der Waals surface area contributed by atoms with Gasteiger partial charge in [0.15, 0.2) is 0 Å². The Balaban J connectivity index is 1.69. The van der Waals surface area contributed by atoms with Crippen LogP contribution >= 0.6 is 0 Å². The molecule has 5 nitrogen and oxygen atoms in total. The van der Waals surface area contributed by atoms with Crippen LogP contribution in [0.5, 0.6) is 0 Å². The summed E-state index contributed by atoms with van der Waals surface area (Å²) in [6, 6.07) is 7.20. The molecule has 5 heteroatoms. The number of hydrogen-bond donors (Lipinski definition) is 2. The first kappa shape index (κ1) is 12.7. The van der Waals surface area contributed by atoms with Crippen molar-refractivity contribution < 1.29 is 4.79 Å². The zero-order valence-electron chi connectivity index (χ0n) is 11.3. The Morgan fingerprint density at radius 1 is 1.35 bits per heavy atom. The number of aromatic nitrogens is 2. The number of nitrogens with two attached hydrogens (primary N) is 1. The van der Waals surface area contributed by atoms with E-state index in [0.717, 1.165) is 24.2 Å². The minimum atomic E-state index is -0.0543. The molecule has 1 aliphatic rings. The Bertz CT molecular complexity index is 633. The standard InChI is InChI=1S/C15H18N4O/c16-11-4-3-5-12(8-11)18-15(20)9-19-10-17-13-6-1-2-7-14(13)19/h3-5,8,10H,1-2,6-7,9,16H2,(H,18,20). The third-order valence-corrected chi connectivity index (χ3v) is 3.59. The normalized spacial score (nSPS) is 13.8. The second kappa shape index (κ2) is 5.36. The summed E-state index contributed by atoms with van der Waals surface area (Å²) in [6.07, 6.45) is 6.18. The van der Waals surface area contributed by atoms with E-state index in [0.29, 0.717) is 12.2 Å². The average Bonchev–Trinajstić information content (AvgIpc) is 2.82. The molecule has 0 aliphatic heterocycles. The molecule has 2 aromatic rings. The van der Waals surface area contributed by atoms with Gasteiger partial charge >= 0.3 is 0 Å². The highest BCUT2D eigenvalue weighted by Crippen LogP contribution is 2.20. The second-order valence-electron chi connectivity index (χ2n) is 5.15. The van der Waals surface area contributed by atoms with Crippen molar-refractivity contribution in [3.63, 3.8) is 0 Å². The summed E-state index contributed by atoms with van der Waals surface area (Å²) in [5.74, 6) is -0.0543. The van der Waals surface area contributed by atoms with E-state index in [2.05, 4.69) is 10.3 Å². The molecule has 3 N–H and O–H groups in total. The van der Waals surface area contributed by atoms with Crippen molar-refractivity contribution in [1.29, 1.82) is 0 Å². The Morgan fingerprint density at radius 3 is 3.05 bits per heavy atom. The van der Waals surface area contributed by atoms with Gasteiger partial charge < -0.3 is 15.6 Å². The first-order chi connectivity index (χ1) is 9.72. The zero-order chi connectivity index (χ0) is 13.9. The fraction of sp³-hybridized carbons (Fsp3) is 0.333. The van der Waals surface area contributed by atoms with Gasteiger partial charge in [0.1, 0.15) is 6.54 Å². The van der Waals surface area contributed by atoms with E-state index < -0.39 is 0 Å². The number of hydrogen-bond acceptors (Lipinski definition) is 3. The van der Waals surface area contributed by atoms with Crippen LogP contribution < -0.4 is 11.1 Å². The molecule has 0 unspecified atom stereocenters. The second-order valence-corrected chi connectivity index (χ2v) is 5.15. The smallest absolute Gasteiger partial charge is 0.244 e. The van der Waals surface area contributed by atoms with E-state index in [1.807, 2.05) is 16.7 Å². The van der Waals surface area contributed by atoms with Crippen molar-refractivity contribution in [2.24, 2.45) is 0 Å². The first-order valence-electron chi connectivity index (χ1n) is 6.90. The molecule has 1 aromatic heterocycles. The number of rotatable bonds is 3. The van der Waals surface area contributed by atoms with E-state index >= 15 is 0 Å². The maximum absolute atomic E-state index is 12.1. The number of amides is 1. The van der Waals surface area contributed by atoms with Crippen LogP contribution in [-0.2, 0) is 24.2 Å². The minimum absolute atomic E-state index is 0.0543. The SMILES string of the molecule is Nc1cccc(NC(=O)Cn2cnc3c2CCCC3)c1. The van der Waals surface area contributed by atoms with Gasteiger partial charge in [0, 0.05) is 17.1 Å². The molecule has 1 aromatic carbocycles. The number of imidazole rings is 1. The van der Waals surface area contributed by atoms with Gasteiger partial charge in [-0.05, 0) is 43.9 Å². The number of fused-ring (bicyclic) bond motifs is 1. The number of nitrogens with zero attached hydrogens (tertiary/aromatic N) is 2. The summed E-state index contributed by atoms with van der Waals surface area (Å²) in [6.45, 7) is 0.303. The molecule has 20 heavy (non-hydrogen) atoms. The number of nitrogen functional groups attached to an aromatic ring is 1. The van der Waals surface area contributed by atoms with E-state index in [4.69, 9.17) is 5.73 Å². The van der Waals surface area contributed by atoms with Gasteiger partial charge in [-0.1, -0.05) is 6.07 Å². The molecule has 1 amide bonds. The fourth-order valence-electron chi connectivity index (χ4n) is 2.64. The Labute approximate surface area is 117 Å². The minimum Gasteiger partial charge on any atom is -0.399 e. The van der Waals surface area contributed by atoms with E-state index in [1.54, 1.807) is 18.5 Å². The topological polar surface area (TPSA) is 72.9 Å². The van der Waals surface area contributed by atoms with Crippen LogP contribution in [0.15, 0.2) is 30.6 Å². The lowest BCUT2D eigenvalue weighted by molar-refractivity contribution is -0.116. The molecule has 0 radical (unpaired) electrons. The molecule has 3 rings (SSSR count). The fourth-order valence-corrected chi connectivity index (χ4v) is 2.64. The zero-order valence-corrected chi connectivity index (χ0v) is 11.3. The first-order valence-corrected chi connectivity index (χ1v) is 6.90. The molecular formula is C15H18N4O. The van der Waals surface area contributed by atoms with Crippen LogP contribution in [0.25, 0.3) is 0 Å². The van der Waals surface area contributed by atoms with Crippen molar-refractivity contribution in [1.82, 2.24) is 9.55 Å². The Hall–Kier alpha value is -2.30. The lowest BCUT2D eigenvalue weighted by Gasteiger charge is -2.14. The molecule has 0 fully saturated rings. The number of carbonyl (C=O) groups excluding carboxylic acids is 1. The highest BCUT2D eigenvalue weighted by atomic mass is 16.1. The van der Waals surface area contributed by atoms with Crippen molar-refractivity contribution >= 4 is 17.3 Å². The number of aryl methyl sites for hydroxylation is 1. The molecule has 0 atom stereocenters. The molecule has 0 saturated carbocycles. The Kier molecular flexibility index (Phi) is 3.41. The molecule has 104 valence electrons.